The summed E-state index contributed by atoms with van der Waals surface area (Å²) in [5.41, 5.74) is 2.02. The Kier molecular flexibility index (Phi) is 10.6. The van der Waals surface area contributed by atoms with Crippen molar-refractivity contribution < 1.29 is 23.8 Å². The predicted octanol–water partition coefficient (Wildman–Crippen LogP) is 6.02. The molecule has 0 fully saturated rings. The van der Waals surface area contributed by atoms with Gasteiger partial charge < -0.3 is 14.2 Å². The monoisotopic (exact) mass is 549 g/mol. The van der Waals surface area contributed by atoms with E-state index < -0.39 is 23.8 Å². The Labute approximate surface area is 214 Å². The van der Waals surface area contributed by atoms with Gasteiger partial charge in [0.25, 0.3) is 0 Å². The summed E-state index contributed by atoms with van der Waals surface area (Å²) in [4.78, 5) is 28.6. The molecule has 34 heavy (non-hydrogen) atoms. The van der Waals surface area contributed by atoms with Gasteiger partial charge in [0.1, 0.15) is 11.9 Å². The lowest BCUT2D eigenvalue weighted by molar-refractivity contribution is -0.205. The van der Waals surface area contributed by atoms with Crippen LogP contribution in [-0.2, 0) is 36.6 Å². The average Bonchev–Trinajstić information content (AvgIpc) is 3.11. The molecule has 8 heteroatoms. The first-order valence-corrected chi connectivity index (χ1v) is 12.9. The van der Waals surface area contributed by atoms with Crippen LogP contribution < -0.4 is 0 Å². The van der Waals surface area contributed by atoms with Crippen molar-refractivity contribution in [3.63, 3.8) is 0 Å². The molecule has 0 N–H and O–H groups in total. The number of aryl methyl sites for hydroxylation is 1. The number of hydrogen-bond acceptors (Lipinski definition) is 7. The lowest BCUT2D eigenvalue weighted by atomic mass is 10.0. The number of esters is 2. The molecule has 1 atom stereocenters. The summed E-state index contributed by atoms with van der Waals surface area (Å²) >= 11 is 4.91. The molecule has 0 amide bonds. The van der Waals surface area contributed by atoms with Crippen LogP contribution in [0.25, 0.3) is 0 Å². The number of aromatic nitrogens is 1. The predicted molar refractivity (Wildman–Crippen MR) is 137 cm³/mol. The van der Waals surface area contributed by atoms with Crippen molar-refractivity contribution in [3.05, 3.63) is 50.1 Å². The van der Waals surface area contributed by atoms with E-state index >= 15 is 0 Å². The quantitative estimate of drug-likeness (QED) is 0.213. The summed E-state index contributed by atoms with van der Waals surface area (Å²) < 4.78 is 17.2. The van der Waals surface area contributed by atoms with Gasteiger partial charge in [0, 0.05) is 38.0 Å². The van der Waals surface area contributed by atoms with E-state index in [1.807, 2.05) is 25.3 Å². The maximum Gasteiger partial charge on any atom is 0.385 e. The minimum absolute atomic E-state index is 0.402. The third-order valence-electron chi connectivity index (χ3n) is 4.50. The van der Waals surface area contributed by atoms with E-state index in [4.69, 9.17) is 14.2 Å². The number of halogens is 1. The van der Waals surface area contributed by atoms with Crippen LogP contribution in [0.5, 0.6) is 0 Å². The van der Waals surface area contributed by atoms with Crippen molar-refractivity contribution in [2.75, 3.05) is 0 Å². The molecule has 1 aromatic heterocycles. The van der Waals surface area contributed by atoms with Crippen LogP contribution >= 0.6 is 27.3 Å². The lowest BCUT2D eigenvalue weighted by Crippen LogP contribution is -2.34. The van der Waals surface area contributed by atoms with Gasteiger partial charge in [-0.25, -0.2) is 14.6 Å². The molecule has 2 rings (SSSR count). The van der Waals surface area contributed by atoms with Gasteiger partial charge in [-0.1, -0.05) is 41.3 Å². The molecule has 1 aliphatic rings. The molecule has 0 bridgehead atoms. The standard InChI is InChI=1S/C26H32BrNO5S/c1-17(2)12-18(3)8-7-9-24(29)31-22(13-19(4)27)14-23-28-20(16-34-23)10-11-21-15-25(30)33-26(5,6)32-21/h8,13,15-17,22H,10-12,14H2,1-6H3/b18-8+,19-13+/t22-/m1/s1. The molecular formula is C26H32BrNO5S. The molecule has 0 unspecified atom stereocenters. The van der Waals surface area contributed by atoms with Crippen LogP contribution in [0.1, 0.15) is 65.1 Å². The van der Waals surface area contributed by atoms with Gasteiger partial charge in [-0.05, 0) is 49.2 Å². The highest BCUT2D eigenvalue weighted by Crippen LogP contribution is 2.25. The van der Waals surface area contributed by atoms with E-state index in [0.717, 1.165) is 27.2 Å². The number of hydrogen-bond donors (Lipinski definition) is 0. The van der Waals surface area contributed by atoms with Gasteiger partial charge in [0.2, 0.25) is 5.79 Å². The van der Waals surface area contributed by atoms with Crippen molar-refractivity contribution in [1.29, 1.82) is 0 Å². The molecule has 0 aliphatic carbocycles. The Morgan fingerprint density at radius 3 is 2.68 bits per heavy atom. The molecule has 1 aromatic rings. The molecule has 184 valence electrons. The summed E-state index contributed by atoms with van der Waals surface area (Å²) in [6.07, 6.45) is 7.03. The fourth-order valence-electron chi connectivity index (χ4n) is 3.35. The zero-order valence-electron chi connectivity index (χ0n) is 20.6. The highest BCUT2D eigenvalue weighted by atomic mass is 79.9. The maximum atomic E-state index is 12.2. The van der Waals surface area contributed by atoms with Gasteiger partial charge in [-0.15, -0.1) is 11.3 Å². The first kappa shape index (κ1) is 27.9. The van der Waals surface area contributed by atoms with Crippen molar-refractivity contribution >= 4 is 39.2 Å². The van der Waals surface area contributed by atoms with Crippen molar-refractivity contribution in [3.8, 4) is 11.8 Å². The SMILES string of the molecule is C/C(Br)=C\[C@H](Cc1nc(CCC2=CC(=O)OC(C)(C)O2)cs1)OC(=O)C#C/C=C(\C)CC(C)C. The summed E-state index contributed by atoms with van der Waals surface area (Å²) in [7, 11) is 0. The van der Waals surface area contributed by atoms with Crippen LogP contribution in [-0.4, -0.2) is 28.8 Å². The lowest BCUT2D eigenvalue weighted by Gasteiger charge is -2.30. The first-order chi connectivity index (χ1) is 15.9. The highest BCUT2D eigenvalue weighted by Gasteiger charge is 2.29. The molecular weight excluding hydrogens is 518 g/mol. The number of ether oxygens (including phenoxy) is 3. The van der Waals surface area contributed by atoms with Gasteiger partial charge in [0.05, 0.1) is 16.8 Å². The van der Waals surface area contributed by atoms with E-state index in [0.29, 0.717) is 30.9 Å². The number of allylic oxidation sites excluding steroid dienone is 4. The summed E-state index contributed by atoms with van der Waals surface area (Å²) in [6, 6.07) is 0. The van der Waals surface area contributed by atoms with Crippen LogP contribution in [0, 0.1) is 17.8 Å². The number of rotatable bonds is 9. The first-order valence-electron chi connectivity index (χ1n) is 11.2. The van der Waals surface area contributed by atoms with E-state index in [2.05, 4.69) is 46.6 Å². The number of carbonyl (C=O) groups is 2. The number of carbonyl (C=O) groups excluding carboxylic acids is 2. The fourth-order valence-corrected chi connectivity index (χ4v) is 4.52. The average molecular weight is 551 g/mol. The minimum atomic E-state index is -0.961. The van der Waals surface area contributed by atoms with E-state index in [9.17, 15) is 9.59 Å². The zero-order chi connectivity index (χ0) is 25.3. The molecule has 1 aliphatic heterocycles. The van der Waals surface area contributed by atoms with Gasteiger partial charge in [0.15, 0.2) is 0 Å². The smallest absolute Gasteiger partial charge is 0.385 e. The van der Waals surface area contributed by atoms with E-state index in [1.165, 1.54) is 17.4 Å². The largest absolute Gasteiger partial charge is 0.457 e. The van der Waals surface area contributed by atoms with Gasteiger partial charge in [-0.2, -0.15) is 0 Å². The molecule has 0 radical (unpaired) electrons. The van der Waals surface area contributed by atoms with Gasteiger partial charge >= 0.3 is 11.9 Å². The van der Waals surface area contributed by atoms with Crippen LogP contribution in [0.15, 0.2) is 39.4 Å². The topological polar surface area (TPSA) is 74.7 Å². The fraction of sp³-hybridized carbons (Fsp3) is 0.500. The number of cyclic esters (lactones) is 1. The summed E-state index contributed by atoms with van der Waals surface area (Å²) in [5, 5.41) is 2.81. The second-order valence-electron chi connectivity index (χ2n) is 9.03. The van der Waals surface area contributed by atoms with Crippen molar-refractivity contribution in [1.82, 2.24) is 4.98 Å². The number of thiazole rings is 1. The number of nitrogens with zero attached hydrogens (tertiary/aromatic N) is 1. The Morgan fingerprint density at radius 1 is 1.29 bits per heavy atom. The molecule has 0 aromatic carbocycles. The molecule has 6 nitrogen and oxygen atoms in total. The molecule has 0 spiro atoms. The van der Waals surface area contributed by atoms with Crippen molar-refractivity contribution in [2.24, 2.45) is 5.92 Å². The summed E-state index contributed by atoms with van der Waals surface area (Å²) in [5.74, 6) is 4.52. The molecule has 0 saturated heterocycles. The van der Waals surface area contributed by atoms with Crippen molar-refractivity contribution in [2.45, 2.75) is 79.1 Å². The Hall–Kier alpha value is -2.37. The second-order valence-corrected chi connectivity index (χ2v) is 11.2. The van der Waals surface area contributed by atoms with E-state index in [-0.39, 0.29) is 0 Å². The third kappa shape index (κ3) is 10.7. The Bertz CT molecular complexity index is 1040. The Balaban J connectivity index is 1.96. The van der Waals surface area contributed by atoms with E-state index in [1.54, 1.807) is 19.9 Å². The maximum absolute atomic E-state index is 12.2. The zero-order valence-corrected chi connectivity index (χ0v) is 23.0. The van der Waals surface area contributed by atoms with Crippen LogP contribution in [0.2, 0.25) is 0 Å². The van der Waals surface area contributed by atoms with Crippen LogP contribution in [0.4, 0.5) is 0 Å². The summed E-state index contributed by atoms with van der Waals surface area (Å²) in [6.45, 7) is 11.6. The third-order valence-corrected chi connectivity index (χ3v) is 5.69. The van der Waals surface area contributed by atoms with Crippen LogP contribution in [0.3, 0.4) is 0 Å². The van der Waals surface area contributed by atoms with Gasteiger partial charge in [-0.3, -0.25) is 0 Å². The Morgan fingerprint density at radius 2 is 2.03 bits per heavy atom. The molecule has 0 saturated carbocycles. The second kappa shape index (κ2) is 12.9. The highest BCUT2D eigenvalue weighted by molar-refractivity contribution is 9.11. The normalized spacial score (nSPS) is 16.7. The minimum Gasteiger partial charge on any atom is -0.457 e. The molecule has 2 heterocycles.